The van der Waals surface area contributed by atoms with Crippen molar-refractivity contribution in [3.8, 4) is 11.5 Å². The van der Waals surface area contributed by atoms with E-state index in [0.717, 1.165) is 12.0 Å². The van der Waals surface area contributed by atoms with Crippen LogP contribution in [0.15, 0.2) is 28.7 Å². The first-order valence-electron chi connectivity index (χ1n) is 6.22. The summed E-state index contributed by atoms with van der Waals surface area (Å²) in [4.78, 5) is 0. The van der Waals surface area contributed by atoms with Crippen molar-refractivity contribution in [2.45, 2.75) is 33.2 Å². The standard InChI is InChI=1S/C14H19N3O/c1-9(2)7-12(15)14-17-16-13(18-14)11-6-4-5-10(3)8-11/h4-6,8-9,12H,7,15H2,1-3H3. The normalized spacial score (nSPS) is 12.9. The SMILES string of the molecule is Cc1cccc(-c2nnc(C(N)CC(C)C)o2)c1. The highest BCUT2D eigenvalue weighted by Gasteiger charge is 2.16. The molecule has 0 aliphatic rings. The predicted molar refractivity (Wildman–Crippen MR) is 70.9 cm³/mol. The van der Waals surface area contributed by atoms with Crippen LogP contribution in [0.1, 0.15) is 37.8 Å². The van der Waals surface area contributed by atoms with E-state index < -0.39 is 0 Å². The molecule has 0 bridgehead atoms. The zero-order chi connectivity index (χ0) is 13.1. The van der Waals surface area contributed by atoms with Gasteiger partial charge in [-0.25, -0.2) is 0 Å². The molecule has 1 aromatic heterocycles. The highest BCUT2D eigenvalue weighted by Crippen LogP contribution is 2.23. The van der Waals surface area contributed by atoms with Crippen LogP contribution >= 0.6 is 0 Å². The second kappa shape index (κ2) is 5.31. The summed E-state index contributed by atoms with van der Waals surface area (Å²) in [6, 6.07) is 7.80. The highest BCUT2D eigenvalue weighted by molar-refractivity contribution is 5.53. The summed E-state index contributed by atoms with van der Waals surface area (Å²) < 4.78 is 5.64. The third-order valence-corrected chi connectivity index (χ3v) is 2.75. The number of nitrogens with zero attached hydrogens (tertiary/aromatic N) is 2. The molecule has 1 heterocycles. The molecule has 2 N–H and O–H groups in total. The second-order valence-corrected chi connectivity index (χ2v) is 5.05. The van der Waals surface area contributed by atoms with Crippen LogP contribution in [0, 0.1) is 12.8 Å². The van der Waals surface area contributed by atoms with E-state index in [2.05, 4.69) is 24.0 Å². The van der Waals surface area contributed by atoms with Gasteiger partial charge in [0.1, 0.15) is 0 Å². The molecule has 2 aromatic rings. The summed E-state index contributed by atoms with van der Waals surface area (Å²) in [5.41, 5.74) is 8.12. The van der Waals surface area contributed by atoms with Crippen LogP contribution in [0.2, 0.25) is 0 Å². The summed E-state index contributed by atoms with van der Waals surface area (Å²) in [6.07, 6.45) is 0.843. The maximum absolute atomic E-state index is 6.02. The molecular weight excluding hydrogens is 226 g/mol. The maximum Gasteiger partial charge on any atom is 0.247 e. The average molecular weight is 245 g/mol. The fourth-order valence-corrected chi connectivity index (χ4v) is 1.89. The van der Waals surface area contributed by atoms with Crippen molar-refractivity contribution in [3.05, 3.63) is 35.7 Å². The first kappa shape index (κ1) is 12.8. The van der Waals surface area contributed by atoms with Crippen molar-refractivity contribution in [2.24, 2.45) is 11.7 Å². The minimum Gasteiger partial charge on any atom is -0.419 e. The van der Waals surface area contributed by atoms with Gasteiger partial charge in [0.25, 0.3) is 0 Å². The van der Waals surface area contributed by atoms with Gasteiger partial charge in [0.2, 0.25) is 11.8 Å². The Morgan fingerprint density at radius 3 is 2.72 bits per heavy atom. The number of rotatable bonds is 4. The van der Waals surface area contributed by atoms with Gasteiger partial charge in [0.15, 0.2) is 0 Å². The van der Waals surface area contributed by atoms with Gasteiger partial charge in [-0.15, -0.1) is 10.2 Å². The Morgan fingerprint density at radius 1 is 1.28 bits per heavy atom. The molecule has 0 aliphatic heterocycles. The molecule has 96 valence electrons. The van der Waals surface area contributed by atoms with Crippen molar-refractivity contribution >= 4 is 0 Å². The van der Waals surface area contributed by atoms with Gasteiger partial charge in [0.05, 0.1) is 6.04 Å². The van der Waals surface area contributed by atoms with E-state index in [4.69, 9.17) is 10.2 Å². The first-order valence-corrected chi connectivity index (χ1v) is 6.22. The molecule has 0 spiro atoms. The highest BCUT2D eigenvalue weighted by atomic mass is 16.4. The molecule has 0 saturated carbocycles. The molecule has 0 aliphatic carbocycles. The lowest BCUT2D eigenvalue weighted by atomic mass is 10.0. The van der Waals surface area contributed by atoms with E-state index in [1.165, 1.54) is 5.56 Å². The molecule has 18 heavy (non-hydrogen) atoms. The molecule has 2 rings (SSSR count). The van der Waals surface area contributed by atoms with Crippen molar-refractivity contribution in [1.29, 1.82) is 0 Å². The Balaban J connectivity index is 2.20. The van der Waals surface area contributed by atoms with E-state index in [9.17, 15) is 0 Å². The van der Waals surface area contributed by atoms with Crippen LogP contribution in [-0.2, 0) is 0 Å². The van der Waals surface area contributed by atoms with Crippen molar-refractivity contribution in [1.82, 2.24) is 10.2 Å². The van der Waals surface area contributed by atoms with E-state index >= 15 is 0 Å². The number of benzene rings is 1. The summed E-state index contributed by atoms with van der Waals surface area (Å²) in [5, 5.41) is 8.09. The summed E-state index contributed by atoms with van der Waals surface area (Å²) >= 11 is 0. The molecule has 0 amide bonds. The molecule has 0 radical (unpaired) electrons. The smallest absolute Gasteiger partial charge is 0.247 e. The van der Waals surface area contributed by atoms with Crippen molar-refractivity contribution < 1.29 is 4.42 Å². The zero-order valence-corrected chi connectivity index (χ0v) is 11.1. The van der Waals surface area contributed by atoms with Gasteiger partial charge in [-0.3, -0.25) is 0 Å². The number of aryl methyl sites for hydroxylation is 1. The number of hydrogen-bond donors (Lipinski definition) is 1. The molecule has 0 fully saturated rings. The van der Waals surface area contributed by atoms with Gasteiger partial charge in [-0.05, 0) is 31.4 Å². The van der Waals surface area contributed by atoms with Crippen molar-refractivity contribution in [3.63, 3.8) is 0 Å². The Labute approximate surface area is 107 Å². The van der Waals surface area contributed by atoms with Gasteiger partial charge < -0.3 is 10.2 Å². The third-order valence-electron chi connectivity index (χ3n) is 2.75. The number of aromatic nitrogens is 2. The van der Waals surface area contributed by atoms with Crippen LogP contribution in [-0.4, -0.2) is 10.2 Å². The second-order valence-electron chi connectivity index (χ2n) is 5.05. The van der Waals surface area contributed by atoms with Crippen LogP contribution in [0.4, 0.5) is 0 Å². The van der Waals surface area contributed by atoms with E-state index in [1.54, 1.807) is 0 Å². The lowest BCUT2D eigenvalue weighted by molar-refractivity contribution is 0.408. The summed E-state index contributed by atoms with van der Waals surface area (Å²) in [5.74, 6) is 1.56. The van der Waals surface area contributed by atoms with Gasteiger partial charge in [-0.1, -0.05) is 31.5 Å². The summed E-state index contributed by atoms with van der Waals surface area (Å²) in [7, 11) is 0. The maximum atomic E-state index is 6.02. The fraction of sp³-hybridized carbons (Fsp3) is 0.429. The Morgan fingerprint density at radius 2 is 2.06 bits per heavy atom. The van der Waals surface area contributed by atoms with Crippen molar-refractivity contribution in [2.75, 3.05) is 0 Å². The molecule has 4 nitrogen and oxygen atoms in total. The monoisotopic (exact) mass is 245 g/mol. The lowest BCUT2D eigenvalue weighted by Crippen LogP contribution is -2.13. The largest absolute Gasteiger partial charge is 0.419 e. The quantitative estimate of drug-likeness (QED) is 0.899. The van der Waals surface area contributed by atoms with Gasteiger partial charge in [0, 0.05) is 5.56 Å². The van der Waals surface area contributed by atoms with E-state index in [-0.39, 0.29) is 6.04 Å². The number of nitrogens with two attached hydrogens (primary N) is 1. The van der Waals surface area contributed by atoms with E-state index in [1.807, 2.05) is 31.2 Å². The molecule has 0 saturated heterocycles. The Kier molecular flexibility index (Phi) is 3.77. The molecule has 4 heteroatoms. The van der Waals surface area contributed by atoms with Gasteiger partial charge >= 0.3 is 0 Å². The summed E-state index contributed by atoms with van der Waals surface area (Å²) in [6.45, 7) is 6.28. The first-order chi connectivity index (χ1) is 8.56. The Bertz CT molecular complexity index is 519. The van der Waals surface area contributed by atoms with Crippen LogP contribution in [0.3, 0.4) is 0 Å². The molecule has 1 aromatic carbocycles. The van der Waals surface area contributed by atoms with Gasteiger partial charge in [-0.2, -0.15) is 0 Å². The third kappa shape index (κ3) is 2.96. The fourth-order valence-electron chi connectivity index (χ4n) is 1.89. The van der Waals surface area contributed by atoms with Crippen LogP contribution in [0.25, 0.3) is 11.5 Å². The molecule has 1 unspecified atom stereocenters. The molecular formula is C14H19N3O. The van der Waals surface area contributed by atoms with Crippen LogP contribution in [0.5, 0.6) is 0 Å². The molecule has 1 atom stereocenters. The van der Waals surface area contributed by atoms with E-state index in [0.29, 0.717) is 17.7 Å². The lowest BCUT2D eigenvalue weighted by Gasteiger charge is -2.08. The average Bonchev–Trinajstić information content (AvgIpc) is 2.77. The predicted octanol–water partition coefficient (Wildman–Crippen LogP) is 3.09. The topological polar surface area (TPSA) is 64.9 Å². The van der Waals surface area contributed by atoms with Crippen LogP contribution < -0.4 is 5.73 Å². The minimum absolute atomic E-state index is 0.184. The number of hydrogen-bond acceptors (Lipinski definition) is 4. The zero-order valence-electron chi connectivity index (χ0n) is 11.1. The Hall–Kier alpha value is -1.68. The minimum atomic E-state index is -0.184.